The summed E-state index contributed by atoms with van der Waals surface area (Å²) in [4.78, 5) is 36.6. The number of aliphatic hydroxyl groups is 4. The fourth-order valence-electron chi connectivity index (χ4n) is 2.02. The fourth-order valence-corrected chi connectivity index (χ4v) is 4.25. The van der Waals surface area contributed by atoms with Crippen molar-refractivity contribution in [3.63, 3.8) is 0 Å². The first-order valence-corrected chi connectivity index (χ1v) is 10.2. The summed E-state index contributed by atoms with van der Waals surface area (Å²) in [5.74, 6) is -1.61. The quantitative estimate of drug-likeness (QED) is 0.174. The highest BCUT2D eigenvalue weighted by atomic mass is 127. The van der Waals surface area contributed by atoms with Gasteiger partial charge in [0.2, 0.25) is 5.91 Å². The van der Waals surface area contributed by atoms with Gasteiger partial charge in [0.15, 0.2) is 0 Å². The lowest BCUT2D eigenvalue weighted by Crippen LogP contribution is -2.36. The Bertz CT molecular complexity index is 745. The van der Waals surface area contributed by atoms with Crippen LogP contribution in [0.25, 0.3) is 0 Å². The van der Waals surface area contributed by atoms with Gasteiger partial charge in [0.25, 0.3) is 11.8 Å². The summed E-state index contributed by atoms with van der Waals surface area (Å²) in [6.07, 6.45) is -2.27. The van der Waals surface area contributed by atoms with E-state index in [2.05, 4.69) is 16.0 Å². The summed E-state index contributed by atoms with van der Waals surface area (Å²) in [5.41, 5.74) is 0.447. The first-order chi connectivity index (χ1) is 13.1. The van der Waals surface area contributed by atoms with Gasteiger partial charge in [-0.3, -0.25) is 14.4 Å². The lowest BCUT2D eigenvalue weighted by atomic mass is 10.1. The van der Waals surface area contributed by atoms with E-state index in [1.807, 2.05) is 45.2 Å². The summed E-state index contributed by atoms with van der Waals surface area (Å²) in [6, 6.07) is 1.41. The topological polar surface area (TPSA) is 168 Å². The number of aliphatic hydroxyl groups excluding tert-OH is 4. The number of carbonyl (C=O) groups is 3. The summed E-state index contributed by atoms with van der Waals surface area (Å²) in [7, 11) is 0. The van der Waals surface area contributed by atoms with E-state index in [1.165, 1.54) is 13.0 Å². The van der Waals surface area contributed by atoms with Crippen LogP contribution < -0.4 is 16.0 Å². The number of nitrogens with one attached hydrogen (secondary N) is 3. The summed E-state index contributed by atoms with van der Waals surface area (Å²) in [6.45, 7) is -0.167. The number of hydrogen-bond acceptors (Lipinski definition) is 7. The Morgan fingerprint density at radius 1 is 0.964 bits per heavy atom. The molecule has 0 fully saturated rings. The average Bonchev–Trinajstić information content (AvgIpc) is 2.65. The van der Waals surface area contributed by atoms with E-state index < -0.39 is 43.1 Å². The van der Waals surface area contributed by atoms with E-state index in [4.69, 9.17) is 10.2 Å². The van der Waals surface area contributed by atoms with Crippen LogP contribution in [-0.2, 0) is 4.79 Å². The SMILES string of the molecule is CC(=O)Nc1cc(C(=O)NCC(O)CO)c(I)c(C(=O)NCC(O)CO)c1I. The second kappa shape index (κ2) is 11.8. The lowest BCUT2D eigenvalue weighted by Gasteiger charge is -2.17. The minimum absolute atomic E-state index is 0.0859. The van der Waals surface area contributed by atoms with Crippen molar-refractivity contribution in [2.24, 2.45) is 0 Å². The molecule has 28 heavy (non-hydrogen) atoms. The molecule has 0 saturated heterocycles. The van der Waals surface area contributed by atoms with E-state index >= 15 is 0 Å². The number of hydrogen-bond donors (Lipinski definition) is 7. The summed E-state index contributed by atoms with van der Waals surface area (Å²) < 4.78 is 0.684. The molecule has 7 N–H and O–H groups in total. The van der Waals surface area contributed by atoms with E-state index in [-0.39, 0.29) is 29.9 Å². The van der Waals surface area contributed by atoms with Crippen LogP contribution >= 0.6 is 45.2 Å². The molecule has 0 aliphatic rings. The number of carbonyl (C=O) groups excluding carboxylic acids is 3. The van der Waals surface area contributed by atoms with Gasteiger partial charge < -0.3 is 36.4 Å². The number of halogens is 2. The van der Waals surface area contributed by atoms with Gasteiger partial charge in [-0.2, -0.15) is 0 Å². The van der Waals surface area contributed by atoms with Crippen LogP contribution in [0.2, 0.25) is 0 Å². The fraction of sp³-hybridized carbons (Fsp3) is 0.438. The zero-order chi connectivity index (χ0) is 21.4. The van der Waals surface area contributed by atoms with Crippen molar-refractivity contribution >= 4 is 68.6 Å². The lowest BCUT2D eigenvalue weighted by molar-refractivity contribution is -0.114. The molecular weight excluding hydrogens is 600 g/mol. The minimum Gasteiger partial charge on any atom is -0.394 e. The van der Waals surface area contributed by atoms with E-state index in [1.54, 1.807) is 0 Å². The van der Waals surface area contributed by atoms with Crippen molar-refractivity contribution in [3.05, 3.63) is 24.3 Å². The zero-order valence-electron chi connectivity index (χ0n) is 14.8. The van der Waals surface area contributed by atoms with Crippen molar-refractivity contribution in [1.29, 1.82) is 0 Å². The molecule has 0 heterocycles. The molecule has 10 nitrogen and oxygen atoms in total. The molecule has 1 aromatic carbocycles. The summed E-state index contributed by atoms with van der Waals surface area (Å²) in [5, 5.41) is 44.0. The second-order valence-electron chi connectivity index (χ2n) is 5.75. The molecule has 0 bridgehead atoms. The monoisotopic (exact) mass is 621 g/mol. The number of rotatable bonds is 9. The Labute approximate surface area is 188 Å². The van der Waals surface area contributed by atoms with Crippen molar-refractivity contribution in [1.82, 2.24) is 10.6 Å². The number of anilines is 1. The molecular formula is C16H21I2N3O7. The normalized spacial score (nSPS) is 12.8. The van der Waals surface area contributed by atoms with Crippen LogP contribution in [0.5, 0.6) is 0 Å². The molecule has 1 aromatic rings. The maximum atomic E-state index is 12.6. The standard InChI is InChI=1S/C16H21I2N3O7/c1-7(24)21-11-2-10(15(27)19-3-8(25)5-22)13(17)12(14(11)18)16(28)20-4-9(26)6-23/h2,8-9,22-23,25-26H,3-6H2,1H3,(H,19,27)(H,20,28)(H,21,24). The largest absolute Gasteiger partial charge is 0.394 e. The Kier molecular flexibility index (Phi) is 10.5. The first kappa shape index (κ1) is 25.0. The van der Waals surface area contributed by atoms with Crippen LogP contribution in [0.15, 0.2) is 6.07 Å². The molecule has 0 aliphatic carbocycles. The van der Waals surface area contributed by atoms with Gasteiger partial charge in [-0.05, 0) is 51.2 Å². The number of benzene rings is 1. The number of amides is 3. The zero-order valence-corrected chi connectivity index (χ0v) is 19.1. The third-order valence-electron chi connectivity index (χ3n) is 3.40. The predicted octanol–water partition coefficient (Wildman–Crippen LogP) is -0.980. The molecule has 0 aliphatic heterocycles. The van der Waals surface area contributed by atoms with Gasteiger partial charge in [0, 0.05) is 23.6 Å². The third kappa shape index (κ3) is 7.07. The van der Waals surface area contributed by atoms with Gasteiger partial charge in [-0.1, -0.05) is 0 Å². The summed E-state index contributed by atoms with van der Waals surface area (Å²) >= 11 is 3.68. The Hall–Kier alpha value is -1.07. The molecule has 156 valence electrons. The molecule has 0 aromatic heterocycles. The van der Waals surface area contributed by atoms with Gasteiger partial charge in [-0.15, -0.1) is 0 Å². The molecule has 1 rings (SSSR count). The van der Waals surface area contributed by atoms with Gasteiger partial charge >= 0.3 is 0 Å². The van der Waals surface area contributed by atoms with Gasteiger partial charge in [-0.25, -0.2) is 0 Å². The van der Waals surface area contributed by atoms with Crippen molar-refractivity contribution in [2.75, 3.05) is 31.6 Å². The van der Waals surface area contributed by atoms with Gasteiger partial charge in [0.05, 0.1) is 45.8 Å². The molecule has 2 atom stereocenters. The van der Waals surface area contributed by atoms with Crippen LogP contribution in [0.1, 0.15) is 27.6 Å². The van der Waals surface area contributed by atoms with E-state index in [0.717, 1.165) is 0 Å². The van der Waals surface area contributed by atoms with Crippen molar-refractivity contribution < 1.29 is 34.8 Å². The molecule has 2 unspecified atom stereocenters. The highest BCUT2D eigenvalue weighted by Gasteiger charge is 2.24. The smallest absolute Gasteiger partial charge is 0.253 e. The van der Waals surface area contributed by atoms with Crippen LogP contribution in [0.4, 0.5) is 5.69 Å². The highest BCUT2D eigenvalue weighted by molar-refractivity contribution is 14.1. The van der Waals surface area contributed by atoms with Gasteiger partial charge in [0.1, 0.15) is 0 Å². The first-order valence-electron chi connectivity index (χ1n) is 8.06. The third-order valence-corrected chi connectivity index (χ3v) is 5.64. The molecule has 0 radical (unpaired) electrons. The Morgan fingerprint density at radius 2 is 1.46 bits per heavy atom. The van der Waals surface area contributed by atoms with E-state index in [9.17, 15) is 24.6 Å². The van der Waals surface area contributed by atoms with Crippen LogP contribution in [0.3, 0.4) is 0 Å². The van der Waals surface area contributed by atoms with E-state index in [0.29, 0.717) is 7.14 Å². The van der Waals surface area contributed by atoms with Crippen LogP contribution in [0, 0.1) is 7.14 Å². The maximum Gasteiger partial charge on any atom is 0.253 e. The van der Waals surface area contributed by atoms with Crippen molar-refractivity contribution in [2.45, 2.75) is 19.1 Å². The molecule has 12 heteroatoms. The average molecular weight is 621 g/mol. The highest BCUT2D eigenvalue weighted by Crippen LogP contribution is 2.30. The maximum absolute atomic E-state index is 12.6. The van der Waals surface area contributed by atoms with Crippen LogP contribution in [-0.4, -0.2) is 76.7 Å². The minimum atomic E-state index is -1.14. The Balaban J connectivity index is 3.30. The molecule has 3 amide bonds. The predicted molar refractivity (Wildman–Crippen MR) is 117 cm³/mol. The molecule has 0 saturated carbocycles. The Morgan fingerprint density at radius 3 is 1.93 bits per heavy atom. The van der Waals surface area contributed by atoms with Crippen molar-refractivity contribution in [3.8, 4) is 0 Å². The second-order valence-corrected chi connectivity index (χ2v) is 7.91. The molecule has 0 spiro atoms.